The Bertz CT molecular complexity index is 316. The van der Waals surface area contributed by atoms with Crippen LogP contribution in [0.5, 0.6) is 0 Å². The molecule has 0 aliphatic rings. The molecule has 2 aromatic carbocycles. The summed E-state index contributed by atoms with van der Waals surface area (Å²) in [4.78, 5) is 0. The van der Waals surface area contributed by atoms with Gasteiger partial charge in [0, 0.05) is 0 Å². The van der Waals surface area contributed by atoms with Gasteiger partial charge in [-0.05, 0) is 23.6 Å². The van der Waals surface area contributed by atoms with Gasteiger partial charge in [-0.15, -0.1) is 0 Å². The Balaban J connectivity index is 0.000000337. The second-order valence-electron chi connectivity index (χ2n) is 3.14. The van der Waals surface area contributed by atoms with Gasteiger partial charge in [0.25, 0.3) is 0 Å². The molecule has 0 bridgehead atoms. The summed E-state index contributed by atoms with van der Waals surface area (Å²) in [7, 11) is 0. The first-order valence-electron chi connectivity index (χ1n) is 4.89. The lowest BCUT2D eigenvalue weighted by molar-refractivity contribution is 1.62. The molecule has 0 aromatic heterocycles. The third kappa shape index (κ3) is 4.22. The number of thioether (sulfide) groups is 1. The standard InChI is InChI=1S/C12H10.C2H6S/c1-3-7-11(8-4-1)12-9-5-2-6-10-12;1-3-2/h1-10H;1-2H3. The first-order chi connectivity index (χ1) is 7.38. The SMILES string of the molecule is CSC.c1ccc(-c2ccccc2)cc1. The van der Waals surface area contributed by atoms with E-state index >= 15 is 0 Å². The summed E-state index contributed by atoms with van der Waals surface area (Å²) in [5.41, 5.74) is 2.55. The van der Waals surface area contributed by atoms with Gasteiger partial charge in [0.05, 0.1) is 0 Å². The highest BCUT2D eigenvalue weighted by Crippen LogP contribution is 2.17. The molecule has 0 saturated heterocycles. The fourth-order valence-electron chi connectivity index (χ4n) is 1.26. The van der Waals surface area contributed by atoms with Gasteiger partial charge < -0.3 is 0 Å². The van der Waals surface area contributed by atoms with Crippen LogP contribution in [-0.4, -0.2) is 12.5 Å². The van der Waals surface area contributed by atoms with E-state index in [1.807, 2.05) is 24.6 Å². The van der Waals surface area contributed by atoms with Crippen LogP contribution < -0.4 is 0 Å². The number of hydrogen-bond acceptors (Lipinski definition) is 1. The van der Waals surface area contributed by atoms with Crippen molar-refractivity contribution in [1.82, 2.24) is 0 Å². The molecule has 15 heavy (non-hydrogen) atoms. The number of hydrogen-bond donors (Lipinski definition) is 0. The Morgan fingerprint density at radius 3 is 1.13 bits per heavy atom. The molecular formula is C14H16S. The second kappa shape index (κ2) is 7.13. The van der Waals surface area contributed by atoms with Crippen LogP contribution in [0.1, 0.15) is 0 Å². The average Bonchev–Trinajstić information content (AvgIpc) is 2.32. The third-order valence-electron chi connectivity index (χ3n) is 1.88. The maximum atomic E-state index is 2.12. The van der Waals surface area contributed by atoms with Crippen LogP contribution in [0, 0.1) is 0 Å². The number of benzene rings is 2. The van der Waals surface area contributed by atoms with Crippen molar-refractivity contribution in [2.45, 2.75) is 0 Å². The first-order valence-corrected chi connectivity index (χ1v) is 6.52. The van der Waals surface area contributed by atoms with Crippen LogP contribution in [0.2, 0.25) is 0 Å². The summed E-state index contributed by atoms with van der Waals surface area (Å²) >= 11 is 1.75. The Hall–Kier alpha value is -1.21. The molecule has 0 atom stereocenters. The molecule has 0 unspecified atom stereocenters. The summed E-state index contributed by atoms with van der Waals surface area (Å²) < 4.78 is 0. The molecule has 0 nitrogen and oxygen atoms in total. The van der Waals surface area contributed by atoms with Gasteiger partial charge >= 0.3 is 0 Å². The zero-order valence-electron chi connectivity index (χ0n) is 9.18. The van der Waals surface area contributed by atoms with Gasteiger partial charge in [-0.25, -0.2) is 0 Å². The van der Waals surface area contributed by atoms with Crippen LogP contribution in [0.4, 0.5) is 0 Å². The minimum atomic E-state index is 1.28. The molecule has 0 saturated carbocycles. The fraction of sp³-hybridized carbons (Fsp3) is 0.143. The molecule has 0 aliphatic heterocycles. The quantitative estimate of drug-likeness (QED) is 0.683. The van der Waals surface area contributed by atoms with Crippen molar-refractivity contribution in [1.29, 1.82) is 0 Å². The zero-order chi connectivity index (χ0) is 10.9. The minimum Gasteiger partial charge on any atom is -0.169 e. The van der Waals surface area contributed by atoms with Gasteiger partial charge in [-0.2, -0.15) is 11.8 Å². The van der Waals surface area contributed by atoms with E-state index in [0.29, 0.717) is 0 Å². The van der Waals surface area contributed by atoms with Crippen LogP contribution in [-0.2, 0) is 0 Å². The van der Waals surface area contributed by atoms with Crippen molar-refractivity contribution >= 4 is 11.8 Å². The highest BCUT2D eigenvalue weighted by atomic mass is 32.2. The third-order valence-corrected chi connectivity index (χ3v) is 1.88. The maximum Gasteiger partial charge on any atom is -0.0184 e. The Morgan fingerprint density at radius 1 is 0.600 bits per heavy atom. The molecule has 2 aromatic rings. The lowest BCUT2D eigenvalue weighted by atomic mass is 10.1. The highest BCUT2D eigenvalue weighted by Gasteiger charge is 1.91. The Kier molecular flexibility index (Phi) is 5.64. The molecule has 0 radical (unpaired) electrons. The van der Waals surface area contributed by atoms with E-state index in [0.717, 1.165) is 0 Å². The predicted octanol–water partition coefficient (Wildman–Crippen LogP) is 4.33. The monoisotopic (exact) mass is 216 g/mol. The highest BCUT2D eigenvalue weighted by molar-refractivity contribution is 7.97. The van der Waals surface area contributed by atoms with Gasteiger partial charge in [0.2, 0.25) is 0 Å². The minimum absolute atomic E-state index is 1.28. The van der Waals surface area contributed by atoms with Gasteiger partial charge in [-0.1, -0.05) is 60.7 Å². The van der Waals surface area contributed by atoms with Gasteiger partial charge in [0.1, 0.15) is 0 Å². The largest absolute Gasteiger partial charge is 0.169 e. The molecule has 0 amide bonds. The molecule has 2 rings (SSSR count). The Labute approximate surface area is 96.3 Å². The predicted molar refractivity (Wildman–Crippen MR) is 71.3 cm³/mol. The molecule has 0 heterocycles. The summed E-state index contributed by atoms with van der Waals surface area (Å²) in [6, 6.07) is 20.8. The van der Waals surface area contributed by atoms with Crippen LogP contribution >= 0.6 is 11.8 Å². The molecule has 0 fully saturated rings. The Morgan fingerprint density at radius 2 is 0.867 bits per heavy atom. The average molecular weight is 216 g/mol. The van der Waals surface area contributed by atoms with E-state index in [1.54, 1.807) is 11.8 Å². The van der Waals surface area contributed by atoms with E-state index < -0.39 is 0 Å². The van der Waals surface area contributed by atoms with Crippen molar-refractivity contribution < 1.29 is 0 Å². The van der Waals surface area contributed by atoms with Gasteiger partial charge in [-0.3, -0.25) is 0 Å². The number of rotatable bonds is 1. The molecule has 0 N–H and O–H groups in total. The van der Waals surface area contributed by atoms with E-state index in [1.165, 1.54) is 11.1 Å². The van der Waals surface area contributed by atoms with Crippen LogP contribution in [0.3, 0.4) is 0 Å². The second-order valence-corrected chi connectivity index (χ2v) is 3.96. The molecule has 78 valence electrons. The van der Waals surface area contributed by atoms with Gasteiger partial charge in [0.15, 0.2) is 0 Å². The molecule has 1 heteroatoms. The summed E-state index contributed by atoms with van der Waals surface area (Å²) in [6.07, 6.45) is 4.08. The first kappa shape index (κ1) is 11.9. The summed E-state index contributed by atoms with van der Waals surface area (Å²) in [5.74, 6) is 0. The normalized spacial score (nSPS) is 8.93. The lowest BCUT2D eigenvalue weighted by Crippen LogP contribution is -1.73. The van der Waals surface area contributed by atoms with Crippen molar-refractivity contribution in [3.8, 4) is 11.1 Å². The van der Waals surface area contributed by atoms with E-state index in [2.05, 4.69) is 48.5 Å². The summed E-state index contributed by atoms with van der Waals surface area (Å²) in [6.45, 7) is 0. The maximum absolute atomic E-state index is 2.12. The van der Waals surface area contributed by atoms with Crippen molar-refractivity contribution in [2.24, 2.45) is 0 Å². The summed E-state index contributed by atoms with van der Waals surface area (Å²) in [5, 5.41) is 0. The van der Waals surface area contributed by atoms with Crippen molar-refractivity contribution in [2.75, 3.05) is 12.5 Å². The fourth-order valence-corrected chi connectivity index (χ4v) is 1.26. The van der Waals surface area contributed by atoms with E-state index in [9.17, 15) is 0 Å². The molecule has 0 aliphatic carbocycles. The molecular weight excluding hydrogens is 200 g/mol. The van der Waals surface area contributed by atoms with Crippen LogP contribution in [0.15, 0.2) is 60.7 Å². The molecule has 0 spiro atoms. The zero-order valence-corrected chi connectivity index (χ0v) is 10.00. The van der Waals surface area contributed by atoms with Crippen molar-refractivity contribution in [3.63, 3.8) is 0 Å². The van der Waals surface area contributed by atoms with Crippen molar-refractivity contribution in [3.05, 3.63) is 60.7 Å². The lowest BCUT2D eigenvalue weighted by Gasteiger charge is -1.98. The van der Waals surface area contributed by atoms with E-state index in [-0.39, 0.29) is 0 Å². The topological polar surface area (TPSA) is 0 Å². The van der Waals surface area contributed by atoms with Crippen LogP contribution in [0.25, 0.3) is 11.1 Å². The smallest absolute Gasteiger partial charge is 0.0184 e. The van der Waals surface area contributed by atoms with E-state index in [4.69, 9.17) is 0 Å².